The molecule has 0 unspecified atom stereocenters. The number of halogens is 1. The summed E-state index contributed by atoms with van der Waals surface area (Å²) >= 11 is 6.30. The molecular formula is C21H18ClN3O2. The van der Waals surface area contributed by atoms with Crippen molar-refractivity contribution in [1.82, 2.24) is 15.6 Å². The van der Waals surface area contributed by atoms with Gasteiger partial charge in [0, 0.05) is 23.6 Å². The predicted octanol–water partition coefficient (Wildman–Crippen LogP) is 3.71. The Morgan fingerprint density at radius 2 is 1.81 bits per heavy atom. The fourth-order valence-corrected chi connectivity index (χ4v) is 2.80. The molecule has 0 aliphatic rings. The zero-order valence-corrected chi connectivity index (χ0v) is 15.7. The average molecular weight is 380 g/mol. The normalized spacial score (nSPS) is 11.3. The lowest BCUT2D eigenvalue weighted by Crippen LogP contribution is -2.33. The third kappa shape index (κ3) is 4.33. The molecule has 3 aromatic rings. The molecule has 27 heavy (non-hydrogen) atoms. The minimum atomic E-state index is -0.431. The molecule has 0 saturated carbocycles. The zero-order valence-electron chi connectivity index (χ0n) is 14.9. The van der Waals surface area contributed by atoms with Gasteiger partial charge in [-0.15, -0.1) is 0 Å². The first-order valence-electron chi connectivity index (χ1n) is 8.35. The highest BCUT2D eigenvalue weighted by molar-refractivity contribution is 6.31. The molecule has 1 heterocycles. The van der Waals surface area contributed by atoms with Crippen molar-refractivity contribution < 1.29 is 9.59 Å². The molecule has 1 aromatic heterocycles. The highest BCUT2D eigenvalue weighted by Crippen LogP contribution is 2.23. The Kier molecular flexibility index (Phi) is 5.52. The van der Waals surface area contributed by atoms with E-state index >= 15 is 0 Å². The number of fused-ring (bicyclic) bond motifs is 1. The fraction of sp³-hybridized carbons (Fsp3) is 0.0952. The average Bonchev–Trinajstić information content (AvgIpc) is 2.68. The van der Waals surface area contributed by atoms with Crippen LogP contribution >= 0.6 is 11.6 Å². The number of aryl methyl sites for hydroxylation is 1. The first kappa shape index (κ1) is 18.6. The number of nitrogens with one attached hydrogen (secondary N) is 2. The standard InChI is InChI=1S/C21H18ClN3O2/c1-13-8-9-15-11-16(19(22)24-17(15)10-13)12-18(21(27)23-2)25-20(26)14-6-4-3-5-7-14/h3-12H,1-2H3,(H,23,27)(H,25,26)/b18-12-. The monoisotopic (exact) mass is 379 g/mol. The van der Waals surface area contributed by atoms with E-state index in [1.807, 2.05) is 37.3 Å². The van der Waals surface area contributed by atoms with E-state index in [1.165, 1.54) is 13.1 Å². The summed E-state index contributed by atoms with van der Waals surface area (Å²) in [5.41, 5.74) is 2.93. The minimum absolute atomic E-state index is 0.0847. The van der Waals surface area contributed by atoms with Crippen LogP contribution in [0.4, 0.5) is 0 Å². The third-order valence-corrected chi connectivity index (χ3v) is 4.31. The molecule has 0 spiro atoms. The van der Waals surface area contributed by atoms with Gasteiger partial charge in [-0.1, -0.05) is 41.9 Å². The molecule has 0 atom stereocenters. The van der Waals surface area contributed by atoms with Crippen LogP contribution in [0.2, 0.25) is 5.15 Å². The number of benzene rings is 2. The molecule has 6 heteroatoms. The molecule has 0 radical (unpaired) electrons. The Labute approximate surface area is 162 Å². The Balaban J connectivity index is 2.00. The van der Waals surface area contributed by atoms with Gasteiger partial charge in [-0.2, -0.15) is 0 Å². The number of nitrogens with zero attached hydrogens (tertiary/aromatic N) is 1. The summed E-state index contributed by atoms with van der Waals surface area (Å²) in [6, 6.07) is 16.3. The molecule has 5 nitrogen and oxygen atoms in total. The van der Waals surface area contributed by atoms with Gasteiger partial charge in [0.15, 0.2) is 0 Å². The van der Waals surface area contributed by atoms with Crippen molar-refractivity contribution in [3.8, 4) is 0 Å². The van der Waals surface area contributed by atoms with Gasteiger partial charge in [-0.25, -0.2) is 4.98 Å². The van der Waals surface area contributed by atoms with Gasteiger partial charge in [0.1, 0.15) is 10.9 Å². The van der Waals surface area contributed by atoms with Gasteiger partial charge in [0.2, 0.25) is 0 Å². The summed E-state index contributed by atoms with van der Waals surface area (Å²) in [6.07, 6.45) is 1.52. The molecule has 0 saturated heterocycles. The topological polar surface area (TPSA) is 71.1 Å². The SMILES string of the molecule is CNC(=O)/C(=C/c1cc2ccc(C)cc2nc1Cl)NC(=O)c1ccccc1. The number of aromatic nitrogens is 1. The van der Waals surface area contributed by atoms with E-state index in [-0.39, 0.29) is 16.8 Å². The van der Waals surface area contributed by atoms with Crippen molar-refractivity contribution in [2.24, 2.45) is 0 Å². The number of carbonyl (C=O) groups excluding carboxylic acids is 2. The molecule has 0 aliphatic heterocycles. The zero-order chi connectivity index (χ0) is 19.4. The highest BCUT2D eigenvalue weighted by atomic mass is 35.5. The fourth-order valence-electron chi connectivity index (χ4n) is 2.60. The van der Waals surface area contributed by atoms with Crippen molar-refractivity contribution in [3.05, 3.63) is 82.1 Å². The number of likely N-dealkylation sites (N-methyl/N-ethyl adjacent to an activating group) is 1. The summed E-state index contributed by atoms with van der Waals surface area (Å²) in [4.78, 5) is 29.1. The second-order valence-electron chi connectivity index (χ2n) is 6.02. The Morgan fingerprint density at radius 1 is 1.07 bits per heavy atom. The minimum Gasteiger partial charge on any atom is -0.354 e. The summed E-state index contributed by atoms with van der Waals surface area (Å²) in [5, 5.41) is 6.31. The van der Waals surface area contributed by atoms with Crippen LogP contribution in [0.5, 0.6) is 0 Å². The van der Waals surface area contributed by atoms with Crippen molar-refractivity contribution >= 4 is 40.4 Å². The lowest BCUT2D eigenvalue weighted by Gasteiger charge is -2.10. The van der Waals surface area contributed by atoms with Crippen LogP contribution < -0.4 is 10.6 Å². The molecule has 0 aliphatic carbocycles. The van der Waals surface area contributed by atoms with Gasteiger partial charge < -0.3 is 10.6 Å². The number of rotatable bonds is 4. The lowest BCUT2D eigenvalue weighted by molar-refractivity contribution is -0.117. The summed E-state index contributed by atoms with van der Waals surface area (Å²) < 4.78 is 0. The maximum Gasteiger partial charge on any atom is 0.267 e. The predicted molar refractivity (Wildman–Crippen MR) is 107 cm³/mol. The van der Waals surface area contributed by atoms with Crippen LogP contribution in [0.25, 0.3) is 17.0 Å². The van der Waals surface area contributed by atoms with E-state index in [0.29, 0.717) is 11.1 Å². The van der Waals surface area contributed by atoms with Crippen LogP contribution in [-0.2, 0) is 4.79 Å². The summed E-state index contributed by atoms with van der Waals surface area (Å²) in [5.74, 6) is -0.815. The quantitative estimate of drug-likeness (QED) is 0.536. The molecule has 0 fully saturated rings. The van der Waals surface area contributed by atoms with Gasteiger partial charge >= 0.3 is 0 Å². The van der Waals surface area contributed by atoms with E-state index < -0.39 is 5.91 Å². The van der Waals surface area contributed by atoms with Gasteiger partial charge in [-0.3, -0.25) is 9.59 Å². The smallest absolute Gasteiger partial charge is 0.267 e. The third-order valence-electron chi connectivity index (χ3n) is 4.01. The number of carbonyl (C=O) groups is 2. The molecular weight excluding hydrogens is 362 g/mol. The maximum absolute atomic E-state index is 12.4. The van der Waals surface area contributed by atoms with Crippen molar-refractivity contribution in [1.29, 1.82) is 0 Å². The van der Waals surface area contributed by atoms with Crippen molar-refractivity contribution in [2.75, 3.05) is 7.05 Å². The van der Waals surface area contributed by atoms with Gasteiger partial charge in [0.05, 0.1) is 5.52 Å². The maximum atomic E-state index is 12.4. The summed E-state index contributed by atoms with van der Waals surface area (Å²) in [7, 11) is 1.49. The number of hydrogen-bond acceptors (Lipinski definition) is 3. The molecule has 3 rings (SSSR count). The Hall–Kier alpha value is -3.18. The summed E-state index contributed by atoms with van der Waals surface area (Å²) in [6.45, 7) is 1.98. The van der Waals surface area contributed by atoms with Crippen LogP contribution in [0.3, 0.4) is 0 Å². The van der Waals surface area contributed by atoms with Crippen LogP contribution in [0.1, 0.15) is 21.5 Å². The number of amides is 2. The van der Waals surface area contributed by atoms with Gasteiger partial charge in [0.25, 0.3) is 11.8 Å². The van der Waals surface area contributed by atoms with E-state index in [0.717, 1.165) is 16.5 Å². The van der Waals surface area contributed by atoms with E-state index in [9.17, 15) is 9.59 Å². The number of pyridine rings is 1. The Bertz CT molecular complexity index is 1050. The lowest BCUT2D eigenvalue weighted by atomic mass is 10.1. The second-order valence-corrected chi connectivity index (χ2v) is 6.38. The van der Waals surface area contributed by atoms with Crippen LogP contribution in [0, 0.1) is 6.92 Å². The molecule has 2 N–H and O–H groups in total. The highest BCUT2D eigenvalue weighted by Gasteiger charge is 2.14. The van der Waals surface area contributed by atoms with E-state index in [2.05, 4.69) is 15.6 Å². The van der Waals surface area contributed by atoms with Gasteiger partial charge in [-0.05, 0) is 42.8 Å². The molecule has 2 amide bonds. The molecule has 136 valence electrons. The first-order valence-corrected chi connectivity index (χ1v) is 8.73. The van der Waals surface area contributed by atoms with E-state index in [4.69, 9.17) is 11.6 Å². The Morgan fingerprint density at radius 3 is 2.52 bits per heavy atom. The first-order chi connectivity index (χ1) is 13.0. The molecule has 0 bridgehead atoms. The van der Waals surface area contributed by atoms with Crippen LogP contribution in [0.15, 0.2) is 60.3 Å². The number of hydrogen-bond donors (Lipinski definition) is 2. The van der Waals surface area contributed by atoms with Crippen molar-refractivity contribution in [2.45, 2.75) is 6.92 Å². The van der Waals surface area contributed by atoms with Crippen molar-refractivity contribution in [3.63, 3.8) is 0 Å². The molecule has 2 aromatic carbocycles. The second kappa shape index (κ2) is 8.01. The van der Waals surface area contributed by atoms with E-state index in [1.54, 1.807) is 24.3 Å². The van der Waals surface area contributed by atoms with Crippen LogP contribution in [-0.4, -0.2) is 23.8 Å². The largest absolute Gasteiger partial charge is 0.354 e.